The number of halogens is 1. The molecule has 11 heteroatoms. The highest BCUT2D eigenvalue weighted by molar-refractivity contribution is 6.11. The van der Waals surface area contributed by atoms with Gasteiger partial charge in [-0.3, -0.25) is 14.4 Å². The zero-order valence-electron chi connectivity index (χ0n) is 15.6. The Balaban J connectivity index is 1.65. The van der Waals surface area contributed by atoms with E-state index in [1.165, 1.54) is 17.0 Å². The molecule has 1 heterocycles. The zero-order chi connectivity index (χ0) is 21.0. The molecule has 0 aromatic heterocycles. The maximum absolute atomic E-state index is 14.4. The molecule has 1 saturated heterocycles. The Morgan fingerprint density at radius 1 is 1.28 bits per heavy atom. The summed E-state index contributed by atoms with van der Waals surface area (Å²) in [6, 6.07) is 1.44. The molecule has 2 aliphatic rings. The third-order valence-electron chi connectivity index (χ3n) is 4.77. The summed E-state index contributed by atoms with van der Waals surface area (Å²) in [6.45, 7) is 0.531. The van der Waals surface area contributed by atoms with Crippen molar-refractivity contribution in [1.29, 1.82) is 0 Å². The van der Waals surface area contributed by atoms with Crippen LogP contribution >= 0.6 is 0 Å². The third kappa shape index (κ3) is 4.99. The van der Waals surface area contributed by atoms with Crippen LogP contribution in [-0.2, 0) is 19.1 Å². The van der Waals surface area contributed by atoms with E-state index in [9.17, 15) is 23.6 Å². The number of ether oxygens (including phenoxy) is 1. The van der Waals surface area contributed by atoms with Gasteiger partial charge in [0.15, 0.2) is 6.04 Å². The van der Waals surface area contributed by atoms with Crippen LogP contribution in [0.5, 0.6) is 0 Å². The van der Waals surface area contributed by atoms with Crippen LogP contribution in [0.1, 0.15) is 19.3 Å². The van der Waals surface area contributed by atoms with E-state index in [1.807, 2.05) is 0 Å². The second kappa shape index (κ2) is 8.86. The topological polar surface area (TPSA) is 143 Å². The molecule has 5 amide bonds. The fourth-order valence-electron chi connectivity index (χ4n) is 2.95. The predicted molar refractivity (Wildman–Crippen MR) is 100 cm³/mol. The van der Waals surface area contributed by atoms with Gasteiger partial charge in [-0.1, -0.05) is 0 Å². The van der Waals surface area contributed by atoms with Crippen molar-refractivity contribution in [3.8, 4) is 0 Å². The van der Waals surface area contributed by atoms with E-state index in [1.54, 1.807) is 0 Å². The predicted octanol–water partition coefficient (Wildman–Crippen LogP) is -0.167. The smallest absolute Gasteiger partial charge is 0.316 e. The third-order valence-corrected chi connectivity index (χ3v) is 4.77. The van der Waals surface area contributed by atoms with Crippen molar-refractivity contribution in [3.63, 3.8) is 0 Å². The number of benzene rings is 1. The molecule has 10 nitrogen and oxygen atoms in total. The summed E-state index contributed by atoms with van der Waals surface area (Å²) in [4.78, 5) is 49.1. The number of nitrogens with one attached hydrogen (secondary N) is 3. The first-order valence-corrected chi connectivity index (χ1v) is 9.20. The number of carbonyl (C=O) groups excluding carboxylic acids is 4. The Morgan fingerprint density at radius 3 is 2.62 bits per heavy atom. The second-order valence-electron chi connectivity index (χ2n) is 6.83. The molecule has 3 rings (SSSR count). The minimum absolute atomic E-state index is 0.000487. The molecule has 2 fully saturated rings. The van der Waals surface area contributed by atoms with E-state index < -0.39 is 29.7 Å². The highest BCUT2D eigenvalue weighted by atomic mass is 19.1. The standard InChI is InChI=1S/C18H22FN5O5/c19-12-8-11(24-6-7-29-9-14(24)25)4-5-13(12)22-17(27)15(16(20)26)23-18(28)21-10-2-1-3-10/h4-5,8,10,15H,1-3,6-7,9H2,(H2,20,26)(H,22,27)(H2,21,23,28)/t15-/m1/s1. The summed E-state index contributed by atoms with van der Waals surface area (Å²) in [5.74, 6) is -3.17. The van der Waals surface area contributed by atoms with Gasteiger partial charge in [-0.25, -0.2) is 9.18 Å². The van der Waals surface area contributed by atoms with E-state index in [0.29, 0.717) is 12.3 Å². The van der Waals surface area contributed by atoms with Crippen molar-refractivity contribution >= 4 is 35.1 Å². The molecule has 29 heavy (non-hydrogen) atoms. The van der Waals surface area contributed by atoms with E-state index in [-0.39, 0.29) is 30.8 Å². The summed E-state index contributed by atoms with van der Waals surface area (Å²) in [7, 11) is 0. The molecular weight excluding hydrogens is 385 g/mol. The number of urea groups is 1. The normalized spacial score (nSPS) is 17.8. The fourth-order valence-corrected chi connectivity index (χ4v) is 2.95. The van der Waals surface area contributed by atoms with Crippen LogP contribution in [-0.4, -0.2) is 55.6 Å². The van der Waals surface area contributed by atoms with Crippen LogP contribution in [0, 0.1) is 5.82 Å². The van der Waals surface area contributed by atoms with Crippen LogP contribution in [0.25, 0.3) is 0 Å². The molecule has 1 atom stereocenters. The average molecular weight is 407 g/mol. The van der Waals surface area contributed by atoms with Crippen molar-refractivity contribution in [3.05, 3.63) is 24.0 Å². The van der Waals surface area contributed by atoms with Crippen molar-refractivity contribution in [1.82, 2.24) is 10.6 Å². The van der Waals surface area contributed by atoms with Crippen LogP contribution in [0.15, 0.2) is 18.2 Å². The Bertz CT molecular complexity index is 829. The second-order valence-corrected chi connectivity index (χ2v) is 6.83. The quantitative estimate of drug-likeness (QED) is 0.484. The molecule has 0 spiro atoms. The highest BCUT2D eigenvalue weighted by Gasteiger charge is 2.29. The molecule has 1 aliphatic heterocycles. The molecule has 0 bridgehead atoms. The van der Waals surface area contributed by atoms with Gasteiger partial charge in [0.1, 0.15) is 12.4 Å². The SMILES string of the molecule is NC(=O)[C@@H](NC(=O)NC1CCC1)C(=O)Nc1ccc(N2CCOCC2=O)cc1F. The molecule has 5 N–H and O–H groups in total. The maximum atomic E-state index is 14.4. The molecular formula is C18H22FN5O5. The molecule has 1 saturated carbocycles. The summed E-state index contributed by atoms with van der Waals surface area (Å²) in [5, 5.41) is 7.05. The van der Waals surface area contributed by atoms with Crippen LogP contribution < -0.4 is 26.6 Å². The van der Waals surface area contributed by atoms with Gasteiger partial charge in [-0.15, -0.1) is 0 Å². The van der Waals surface area contributed by atoms with Gasteiger partial charge in [0.05, 0.1) is 12.3 Å². The minimum Gasteiger partial charge on any atom is -0.370 e. The summed E-state index contributed by atoms with van der Waals surface area (Å²) in [6.07, 6.45) is 2.64. The lowest BCUT2D eigenvalue weighted by atomic mass is 9.93. The van der Waals surface area contributed by atoms with E-state index in [2.05, 4.69) is 16.0 Å². The van der Waals surface area contributed by atoms with Gasteiger partial charge in [-0.05, 0) is 37.5 Å². The number of primary amides is 1. The number of nitrogens with zero attached hydrogens (tertiary/aromatic N) is 1. The Hall–Kier alpha value is -3.21. The Kier molecular flexibility index (Phi) is 6.27. The first-order chi connectivity index (χ1) is 13.8. The van der Waals surface area contributed by atoms with Crippen LogP contribution in [0.3, 0.4) is 0 Å². The van der Waals surface area contributed by atoms with Gasteiger partial charge < -0.3 is 31.3 Å². The van der Waals surface area contributed by atoms with Crippen molar-refractivity contribution < 1.29 is 28.3 Å². The number of hydrogen-bond acceptors (Lipinski definition) is 5. The summed E-state index contributed by atoms with van der Waals surface area (Å²) >= 11 is 0. The maximum Gasteiger partial charge on any atom is 0.316 e. The van der Waals surface area contributed by atoms with Gasteiger partial charge in [-0.2, -0.15) is 0 Å². The number of rotatable bonds is 6. The lowest BCUT2D eigenvalue weighted by Gasteiger charge is -2.27. The van der Waals surface area contributed by atoms with Crippen LogP contribution in [0.2, 0.25) is 0 Å². The molecule has 0 unspecified atom stereocenters. The lowest BCUT2D eigenvalue weighted by molar-refractivity contribution is -0.128. The molecule has 1 aliphatic carbocycles. The fraction of sp³-hybridized carbons (Fsp3) is 0.444. The summed E-state index contributed by atoms with van der Waals surface area (Å²) in [5.41, 5.74) is 5.30. The highest BCUT2D eigenvalue weighted by Crippen LogP contribution is 2.23. The number of carbonyl (C=O) groups is 4. The number of nitrogens with two attached hydrogens (primary N) is 1. The van der Waals surface area contributed by atoms with Gasteiger partial charge in [0.25, 0.3) is 11.8 Å². The Morgan fingerprint density at radius 2 is 2.03 bits per heavy atom. The van der Waals surface area contributed by atoms with Gasteiger partial charge in [0.2, 0.25) is 5.91 Å². The van der Waals surface area contributed by atoms with Crippen molar-refractivity contribution in [2.24, 2.45) is 5.73 Å². The van der Waals surface area contributed by atoms with E-state index >= 15 is 0 Å². The molecule has 0 radical (unpaired) electrons. The first kappa shape index (κ1) is 20.5. The van der Waals surface area contributed by atoms with E-state index in [4.69, 9.17) is 10.5 Å². The lowest BCUT2D eigenvalue weighted by Crippen LogP contribution is -2.56. The van der Waals surface area contributed by atoms with E-state index in [0.717, 1.165) is 25.3 Å². The number of anilines is 2. The van der Waals surface area contributed by atoms with Crippen molar-refractivity contribution in [2.45, 2.75) is 31.3 Å². The molecule has 1 aromatic rings. The van der Waals surface area contributed by atoms with Gasteiger partial charge >= 0.3 is 6.03 Å². The van der Waals surface area contributed by atoms with Crippen LogP contribution in [0.4, 0.5) is 20.6 Å². The van der Waals surface area contributed by atoms with Gasteiger partial charge in [0, 0.05) is 18.3 Å². The first-order valence-electron chi connectivity index (χ1n) is 9.20. The largest absolute Gasteiger partial charge is 0.370 e. The number of amides is 5. The monoisotopic (exact) mass is 407 g/mol. The summed E-state index contributed by atoms with van der Waals surface area (Å²) < 4.78 is 19.5. The number of hydrogen-bond donors (Lipinski definition) is 4. The van der Waals surface area contributed by atoms with Crippen molar-refractivity contribution in [2.75, 3.05) is 30.0 Å². The average Bonchev–Trinajstić information content (AvgIpc) is 2.64. The zero-order valence-corrected chi connectivity index (χ0v) is 15.6. The number of morpholine rings is 1. The minimum atomic E-state index is -1.67. The molecule has 156 valence electrons. The Labute approximate surface area is 165 Å². The molecule has 1 aromatic carbocycles.